The number of aliphatic hydroxyl groups excluding tert-OH is 1. The number of Topliss-reactive ketones (excluding diaryl/α,β-unsaturated/α-hetero) is 1. The molecule has 2 aromatic carbocycles. The highest BCUT2D eigenvalue weighted by atomic mass is 35.5. The molecule has 1 fully saturated rings. The van der Waals surface area contributed by atoms with Crippen LogP contribution in [0.5, 0.6) is 17.2 Å². The summed E-state index contributed by atoms with van der Waals surface area (Å²) in [6.07, 6.45) is 0.866. The molecule has 1 amide bonds. The van der Waals surface area contributed by atoms with Crippen LogP contribution < -0.4 is 14.2 Å². The fourth-order valence-electron chi connectivity index (χ4n) is 3.80. The zero-order chi connectivity index (χ0) is 24.8. The van der Waals surface area contributed by atoms with Crippen molar-refractivity contribution in [1.82, 2.24) is 4.90 Å². The molecule has 34 heavy (non-hydrogen) atoms. The van der Waals surface area contributed by atoms with Gasteiger partial charge in [0, 0.05) is 19.7 Å². The molecule has 1 aliphatic heterocycles. The average Bonchev–Trinajstić information content (AvgIpc) is 3.10. The molecule has 182 valence electrons. The van der Waals surface area contributed by atoms with E-state index in [0.717, 1.165) is 6.42 Å². The summed E-state index contributed by atoms with van der Waals surface area (Å²) in [7, 11) is 4.36. The molecular formula is C25H28ClNO7. The van der Waals surface area contributed by atoms with Gasteiger partial charge in [0.05, 0.1) is 49.6 Å². The van der Waals surface area contributed by atoms with Crippen LogP contribution in [0, 0.1) is 0 Å². The molecule has 1 N–H and O–H groups in total. The molecule has 1 saturated heterocycles. The topological polar surface area (TPSA) is 94.5 Å². The van der Waals surface area contributed by atoms with Crippen LogP contribution in [0.15, 0.2) is 42.0 Å². The van der Waals surface area contributed by atoms with Crippen molar-refractivity contribution in [2.24, 2.45) is 0 Å². The number of carbonyl (C=O) groups is 2. The quantitative estimate of drug-likeness (QED) is 0.303. The zero-order valence-electron chi connectivity index (χ0n) is 19.6. The number of ether oxygens (including phenoxy) is 4. The lowest BCUT2D eigenvalue weighted by atomic mass is 9.95. The highest BCUT2D eigenvalue weighted by Crippen LogP contribution is 2.43. The van der Waals surface area contributed by atoms with Crippen molar-refractivity contribution in [3.05, 3.63) is 58.1 Å². The normalized spacial score (nSPS) is 17.2. The van der Waals surface area contributed by atoms with Gasteiger partial charge in [0.25, 0.3) is 11.7 Å². The molecular weight excluding hydrogens is 462 g/mol. The Morgan fingerprint density at radius 1 is 1.03 bits per heavy atom. The lowest BCUT2D eigenvalue weighted by molar-refractivity contribution is -0.140. The summed E-state index contributed by atoms with van der Waals surface area (Å²) in [6.45, 7) is 2.97. The van der Waals surface area contributed by atoms with Gasteiger partial charge >= 0.3 is 0 Å². The van der Waals surface area contributed by atoms with E-state index in [-0.39, 0.29) is 46.6 Å². The molecule has 1 heterocycles. The third kappa shape index (κ3) is 4.98. The third-order valence-corrected chi connectivity index (χ3v) is 5.77. The largest absolute Gasteiger partial charge is 0.507 e. The van der Waals surface area contributed by atoms with Crippen molar-refractivity contribution in [2.45, 2.75) is 19.4 Å². The Hall–Kier alpha value is -3.23. The van der Waals surface area contributed by atoms with Crippen LogP contribution in [0.4, 0.5) is 0 Å². The maximum Gasteiger partial charge on any atom is 0.295 e. The second kappa shape index (κ2) is 11.3. The molecule has 3 rings (SSSR count). The van der Waals surface area contributed by atoms with Crippen molar-refractivity contribution in [1.29, 1.82) is 0 Å². The first-order chi connectivity index (χ1) is 16.4. The van der Waals surface area contributed by atoms with Crippen LogP contribution in [0.2, 0.25) is 5.02 Å². The fourth-order valence-corrected chi connectivity index (χ4v) is 4.03. The Balaban J connectivity index is 2.17. The summed E-state index contributed by atoms with van der Waals surface area (Å²) < 4.78 is 21.4. The Morgan fingerprint density at radius 2 is 1.71 bits per heavy atom. The highest BCUT2D eigenvalue weighted by molar-refractivity contribution is 6.46. The maximum atomic E-state index is 13.1. The first-order valence-electron chi connectivity index (χ1n) is 10.8. The number of carbonyl (C=O) groups excluding carboxylic acids is 2. The lowest BCUT2D eigenvalue weighted by Crippen LogP contribution is -2.32. The van der Waals surface area contributed by atoms with E-state index in [4.69, 9.17) is 30.5 Å². The lowest BCUT2D eigenvalue weighted by Gasteiger charge is -2.25. The van der Waals surface area contributed by atoms with E-state index in [1.54, 1.807) is 24.3 Å². The molecule has 1 atom stereocenters. The highest BCUT2D eigenvalue weighted by Gasteiger charge is 2.46. The number of benzene rings is 2. The Bertz CT molecular complexity index is 1080. The molecule has 0 aromatic heterocycles. The van der Waals surface area contributed by atoms with E-state index in [2.05, 4.69) is 0 Å². The first kappa shape index (κ1) is 25.4. The number of hydrogen-bond donors (Lipinski definition) is 1. The average molecular weight is 490 g/mol. The smallest absolute Gasteiger partial charge is 0.295 e. The van der Waals surface area contributed by atoms with Crippen LogP contribution in [0.25, 0.3) is 5.76 Å². The van der Waals surface area contributed by atoms with Gasteiger partial charge in [-0.2, -0.15) is 0 Å². The number of aliphatic hydroxyl groups is 1. The summed E-state index contributed by atoms with van der Waals surface area (Å²) in [4.78, 5) is 27.5. The summed E-state index contributed by atoms with van der Waals surface area (Å²) in [6, 6.07) is 9.20. The van der Waals surface area contributed by atoms with Gasteiger partial charge in [0.2, 0.25) is 0 Å². The van der Waals surface area contributed by atoms with E-state index < -0.39 is 17.7 Å². The second-order valence-electron chi connectivity index (χ2n) is 7.59. The van der Waals surface area contributed by atoms with Gasteiger partial charge in [0.1, 0.15) is 23.0 Å². The predicted octanol–water partition coefficient (Wildman–Crippen LogP) is 4.21. The van der Waals surface area contributed by atoms with Crippen LogP contribution in [0.1, 0.15) is 30.5 Å². The standard InChI is InChI=1S/C25H28ClNO7/c1-5-11-34-16-8-6-15(7-9-16)22-21(24(29)25(30)27(22)10-12-31-2)23(28)17-13-20(33-4)18(26)14-19(17)32-3/h6-9,13-14,22,28H,5,10-12H2,1-4H3/b23-21+. The molecule has 0 radical (unpaired) electrons. The summed E-state index contributed by atoms with van der Waals surface area (Å²) in [5, 5.41) is 11.6. The predicted molar refractivity (Wildman–Crippen MR) is 128 cm³/mol. The number of rotatable bonds is 10. The molecule has 1 aliphatic rings. The summed E-state index contributed by atoms with van der Waals surface area (Å²) >= 11 is 6.19. The van der Waals surface area contributed by atoms with Crippen LogP contribution in [-0.4, -0.2) is 62.8 Å². The number of amides is 1. The van der Waals surface area contributed by atoms with E-state index >= 15 is 0 Å². The Morgan fingerprint density at radius 3 is 2.29 bits per heavy atom. The van der Waals surface area contributed by atoms with Crippen LogP contribution in [0.3, 0.4) is 0 Å². The number of likely N-dealkylation sites (tertiary alicyclic amines) is 1. The zero-order valence-corrected chi connectivity index (χ0v) is 20.3. The van der Waals surface area contributed by atoms with Gasteiger partial charge in [-0.3, -0.25) is 9.59 Å². The summed E-state index contributed by atoms with van der Waals surface area (Å²) in [5.74, 6) is -0.735. The monoisotopic (exact) mass is 489 g/mol. The molecule has 9 heteroatoms. The fraction of sp³-hybridized carbons (Fsp3) is 0.360. The van der Waals surface area contributed by atoms with Gasteiger partial charge in [-0.05, 0) is 30.2 Å². The summed E-state index contributed by atoms with van der Waals surface area (Å²) in [5.41, 5.74) is 0.757. The molecule has 0 saturated carbocycles. The van der Waals surface area contributed by atoms with E-state index in [1.807, 2.05) is 6.92 Å². The second-order valence-corrected chi connectivity index (χ2v) is 8.00. The van der Waals surface area contributed by atoms with Gasteiger partial charge < -0.3 is 29.0 Å². The number of ketones is 1. The van der Waals surface area contributed by atoms with Crippen LogP contribution >= 0.6 is 11.6 Å². The first-order valence-corrected chi connectivity index (χ1v) is 11.2. The number of methoxy groups -OCH3 is 3. The molecule has 1 unspecified atom stereocenters. The minimum absolute atomic E-state index is 0.0639. The molecule has 0 spiro atoms. The van der Waals surface area contributed by atoms with Crippen molar-refractivity contribution in [2.75, 3.05) is 41.1 Å². The minimum atomic E-state index is -0.832. The molecule has 0 aliphatic carbocycles. The number of nitrogens with zero attached hydrogens (tertiary/aromatic N) is 1. The maximum absolute atomic E-state index is 13.1. The van der Waals surface area contributed by atoms with E-state index in [1.165, 1.54) is 38.4 Å². The SMILES string of the molecule is CCCOc1ccc(C2/C(=C(\O)c3cc(OC)c(Cl)cc3OC)C(=O)C(=O)N2CCOC)cc1. The van der Waals surface area contributed by atoms with Crippen molar-refractivity contribution < 1.29 is 33.6 Å². The van der Waals surface area contributed by atoms with Crippen molar-refractivity contribution in [3.63, 3.8) is 0 Å². The van der Waals surface area contributed by atoms with Crippen LogP contribution in [-0.2, 0) is 14.3 Å². The number of halogens is 1. The Labute approximate surface area is 203 Å². The molecule has 8 nitrogen and oxygen atoms in total. The Kier molecular flexibility index (Phi) is 8.41. The minimum Gasteiger partial charge on any atom is -0.507 e. The van der Waals surface area contributed by atoms with Gasteiger partial charge in [-0.25, -0.2) is 0 Å². The van der Waals surface area contributed by atoms with Gasteiger partial charge in [-0.15, -0.1) is 0 Å². The molecule has 0 bridgehead atoms. The van der Waals surface area contributed by atoms with E-state index in [9.17, 15) is 14.7 Å². The third-order valence-electron chi connectivity index (χ3n) is 5.47. The van der Waals surface area contributed by atoms with Gasteiger partial charge in [0.15, 0.2) is 0 Å². The van der Waals surface area contributed by atoms with Gasteiger partial charge in [-0.1, -0.05) is 30.7 Å². The number of hydrogen-bond acceptors (Lipinski definition) is 7. The molecule has 2 aromatic rings. The van der Waals surface area contributed by atoms with E-state index in [0.29, 0.717) is 17.9 Å². The van der Waals surface area contributed by atoms with Crippen molar-refractivity contribution >= 4 is 29.1 Å². The van der Waals surface area contributed by atoms with Crippen molar-refractivity contribution in [3.8, 4) is 17.2 Å².